The predicted octanol–water partition coefficient (Wildman–Crippen LogP) is 2.94. The monoisotopic (exact) mass is 515 g/mol. The highest BCUT2D eigenvalue weighted by Crippen LogP contribution is 2.32. The van der Waals surface area contributed by atoms with Gasteiger partial charge in [0.2, 0.25) is 11.9 Å². The highest BCUT2D eigenvalue weighted by molar-refractivity contribution is 5.82. The minimum Gasteiger partial charge on any atom is -0.393 e. The first-order valence-corrected chi connectivity index (χ1v) is 13.0. The second-order valence-electron chi connectivity index (χ2n) is 9.88. The second kappa shape index (κ2) is 10.4. The van der Waals surface area contributed by atoms with E-state index in [1.54, 1.807) is 24.7 Å². The quantitative estimate of drug-likeness (QED) is 0.437. The van der Waals surface area contributed by atoms with E-state index in [4.69, 9.17) is 0 Å². The van der Waals surface area contributed by atoms with Crippen LogP contribution in [0.4, 0.5) is 16.0 Å². The summed E-state index contributed by atoms with van der Waals surface area (Å²) < 4.78 is 16.2. The fourth-order valence-corrected chi connectivity index (χ4v) is 5.30. The van der Waals surface area contributed by atoms with Crippen molar-refractivity contribution >= 4 is 28.6 Å². The van der Waals surface area contributed by atoms with E-state index < -0.39 is 0 Å². The Bertz CT molecular complexity index is 1420. The number of aliphatic hydroxyl groups excluding tert-OH is 1. The van der Waals surface area contributed by atoms with Gasteiger partial charge < -0.3 is 24.4 Å². The van der Waals surface area contributed by atoms with E-state index in [9.17, 15) is 14.3 Å². The van der Waals surface area contributed by atoms with Gasteiger partial charge >= 0.3 is 0 Å². The summed E-state index contributed by atoms with van der Waals surface area (Å²) in [5, 5.41) is 10.8. The third-order valence-electron chi connectivity index (χ3n) is 7.46. The minimum absolute atomic E-state index is 0.0568. The van der Waals surface area contributed by atoms with E-state index in [1.165, 1.54) is 12.1 Å². The number of pyridine rings is 1. The number of piperazine rings is 1. The standard InChI is InChI=1S/C28H30FN7O2/c29-22-3-4-25(24(16-22)21-17-31-28(32-18-21)35-10-6-23(37)7-11-35)33-12-14-34(15-13-33)26(38)19-36-9-5-20-2-1-8-30-27(20)36/h1-5,8-9,16-18,23,37H,6-7,10-15,19H2. The summed E-state index contributed by atoms with van der Waals surface area (Å²) in [5.41, 5.74) is 3.18. The van der Waals surface area contributed by atoms with E-state index in [0.29, 0.717) is 58.1 Å². The number of aromatic nitrogens is 4. The van der Waals surface area contributed by atoms with Crippen LogP contribution in [0.5, 0.6) is 0 Å². The fourth-order valence-electron chi connectivity index (χ4n) is 5.30. The van der Waals surface area contributed by atoms with Crippen LogP contribution in [0.15, 0.2) is 61.2 Å². The second-order valence-corrected chi connectivity index (χ2v) is 9.88. The van der Waals surface area contributed by atoms with Crippen LogP contribution in [-0.2, 0) is 11.3 Å². The zero-order chi connectivity index (χ0) is 26.1. The molecule has 2 saturated heterocycles. The lowest BCUT2D eigenvalue weighted by Gasteiger charge is -2.37. The normalized spacial score (nSPS) is 16.8. The lowest BCUT2D eigenvalue weighted by molar-refractivity contribution is -0.132. The smallest absolute Gasteiger partial charge is 0.242 e. The minimum atomic E-state index is -0.320. The van der Waals surface area contributed by atoms with Crippen molar-refractivity contribution in [3.8, 4) is 11.1 Å². The van der Waals surface area contributed by atoms with Crippen molar-refractivity contribution in [1.82, 2.24) is 24.4 Å². The molecule has 38 heavy (non-hydrogen) atoms. The molecule has 0 radical (unpaired) electrons. The summed E-state index contributed by atoms with van der Waals surface area (Å²) in [6.07, 6.45) is 8.25. The van der Waals surface area contributed by atoms with Crippen molar-refractivity contribution < 1.29 is 14.3 Å². The number of fused-ring (bicyclic) bond motifs is 1. The van der Waals surface area contributed by atoms with Gasteiger partial charge in [-0.25, -0.2) is 19.3 Å². The summed E-state index contributed by atoms with van der Waals surface area (Å²) in [7, 11) is 0. The summed E-state index contributed by atoms with van der Waals surface area (Å²) in [6, 6.07) is 10.6. The maximum atomic E-state index is 14.3. The summed E-state index contributed by atoms with van der Waals surface area (Å²) >= 11 is 0. The molecule has 9 nitrogen and oxygen atoms in total. The van der Waals surface area contributed by atoms with Crippen LogP contribution in [0.2, 0.25) is 0 Å². The number of hydrogen-bond donors (Lipinski definition) is 1. The highest BCUT2D eigenvalue weighted by atomic mass is 19.1. The number of aliphatic hydroxyl groups is 1. The van der Waals surface area contributed by atoms with Gasteiger partial charge in [-0.2, -0.15) is 0 Å². The summed E-state index contributed by atoms with van der Waals surface area (Å²) in [5.74, 6) is 0.358. The number of anilines is 2. The van der Waals surface area contributed by atoms with Crippen molar-refractivity contribution in [1.29, 1.82) is 0 Å². The molecule has 10 heteroatoms. The number of benzene rings is 1. The molecule has 2 aliphatic heterocycles. The molecular weight excluding hydrogens is 485 g/mol. The number of carbonyl (C=O) groups excluding carboxylic acids is 1. The van der Waals surface area contributed by atoms with Gasteiger partial charge in [0.15, 0.2) is 0 Å². The van der Waals surface area contributed by atoms with Crippen molar-refractivity contribution in [2.45, 2.75) is 25.5 Å². The van der Waals surface area contributed by atoms with Crippen molar-refractivity contribution in [3.63, 3.8) is 0 Å². The number of nitrogens with zero attached hydrogens (tertiary/aromatic N) is 7. The Kier molecular flexibility index (Phi) is 6.63. The number of hydrogen-bond acceptors (Lipinski definition) is 7. The molecular formula is C28H30FN7O2. The van der Waals surface area contributed by atoms with Gasteiger partial charge in [0.05, 0.1) is 6.10 Å². The molecule has 0 bridgehead atoms. The Morgan fingerprint density at radius 3 is 2.47 bits per heavy atom. The molecule has 1 amide bonds. The van der Waals surface area contributed by atoms with Gasteiger partial charge in [-0.15, -0.1) is 0 Å². The largest absolute Gasteiger partial charge is 0.393 e. The first-order chi connectivity index (χ1) is 18.5. The lowest BCUT2D eigenvalue weighted by Crippen LogP contribution is -2.49. The van der Waals surface area contributed by atoms with Crippen LogP contribution in [0.25, 0.3) is 22.2 Å². The average molecular weight is 516 g/mol. The molecule has 0 aliphatic carbocycles. The van der Waals surface area contributed by atoms with Crippen LogP contribution in [0, 0.1) is 5.82 Å². The third-order valence-corrected chi connectivity index (χ3v) is 7.46. The zero-order valence-electron chi connectivity index (χ0n) is 21.1. The molecule has 1 aromatic carbocycles. The van der Waals surface area contributed by atoms with Crippen molar-refractivity contribution in [2.24, 2.45) is 0 Å². The Labute approximate surface area is 220 Å². The maximum Gasteiger partial charge on any atom is 0.242 e. The Morgan fingerprint density at radius 2 is 1.71 bits per heavy atom. The van der Waals surface area contributed by atoms with Crippen LogP contribution < -0.4 is 9.80 Å². The van der Waals surface area contributed by atoms with Crippen molar-refractivity contribution in [3.05, 3.63) is 67.0 Å². The fraction of sp³-hybridized carbons (Fsp3) is 0.357. The Balaban J connectivity index is 1.14. The van der Waals surface area contributed by atoms with E-state index in [1.807, 2.05) is 33.9 Å². The first kappa shape index (κ1) is 24.3. The van der Waals surface area contributed by atoms with E-state index >= 15 is 0 Å². The maximum absolute atomic E-state index is 14.3. The van der Waals surface area contributed by atoms with Crippen LogP contribution in [-0.4, -0.2) is 80.8 Å². The summed E-state index contributed by atoms with van der Waals surface area (Å²) in [6.45, 7) is 4.13. The topological polar surface area (TPSA) is 90.6 Å². The number of piperidine rings is 1. The van der Waals surface area contributed by atoms with Crippen LogP contribution in [0.1, 0.15) is 12.8 Å². The van der Waals surface area contributed by atoms with Gasteiger partial charge in [-0.05, 0) is 49.2 Å². The molecule has 196 valence electrons. The number of rotatable bonds is 5. The Morgan fingerprint density at radius 1 is 0.947 bits per heavy atom. The lowest BCUT2D eigenvalue weighted by atomic mass is 10.0. The zero-order valence-corrected chi connectivity index (χ0v) is 21.1. The van der Waals surface area contributed by atoms with E-state index in [2.05, 4.69) is 24.8 Å². The molecule has 0 spiro atoms. The molecule has 5 heterocycles. The summed E-state index contributed by atoms with van der Waals surface area (Å²) in [4.78, 5) is 32.7. The Hall–Kier alpha value is -4.05. The van der Waals surface area contributed by atoms with Gasteiger partial charge in [0, 0.05) is 86.3 Å². The molecule has 6 rings (SSSR count). The molecule has 0 saturated carbocycles. The van der Waals surface area contributed by atoms with Gasteiger partial charge in [0.1, 0.15) is 18.0 Å². The molecule has 0 unspecified atom stereocenters. The van der Waals surface area contributed by atoms with Gasteiger partial charge in [-0.3, -0.25) is 4.79 Å². The van der Waals surface area contributed by atoms with E-state index in [-0.39, 0.29) is 24.4 Å². The molecule has 1 N–H and O–H groups in total. The third kappa shape index (κ3) is 4.91. The van der Waals surface area contributed by atoms with Crippen LogP contribution in [0.3, 0.4) is 0 Å². The van der Waals surface area contributed by atoms with Crippen LogP contribution >= 0.6 is 0 Å². The van der Waals surface area contributed by atoms with Crippen molar-refractivity contribution in [2.75, 3.05) is 49.1 Å². The SMILES string of the molecule is O=C(Cn1ccc2cccnc21)N1CCN(c2ccc(F)cc2-c2cnc(N3CCC(O)CC3)nc2)CC1. The highest BCUT2D eigenvalue weighted by Gasteiger charge is 2.24. The number of amides is 1. The predicted molar refractivity (Wildman–Crippen MR) is 143 cm³/mol. The number of carbonyl (C=O) groups is 1. The average Bonchev–Trinajstić information content (AvgIpc) is 3.36. The molecule has 2 aliphatic rings. The molecule has 2 fully saturated rings. The van der Waals surface area contributed by atoms with E-state index in [0.717, 1.165) is 27.8 Å². The molecule has 3 aromatic heterocycles. The first-order valence-electron chi connectivity index (χ1n) is 13.0. The molecule has 4 aromatic rings. The van der Waals surface area contributed by atoms with Gasteiger partial charge in [-0.1, -0.05) is 0 Å². The molecule has 0 atom stereocenters. The van der Waals surface area contributed by atoms with Gasteiger partial charge in [0.25, 0.3) is 0 Å². The number of halogens is 1.